The lowest BCUT2D eigenvalue weighted by Gasteiger charge is -2.23. The minimum atomic E-state index is 0.107. The van der Waals surface area contributed by atoms with Crippen LogP contribution in [-0.4, -0.2) is 0 Å². The van der Waals surface area contributed by atoms with E-state index in [9.17, 15) is 0 Å². The van der Waals surface area contributed by atoms with Crippen LogP contribution in [0.15, 0.2) is 200 Å². The summed E-state index contributed by atoms with van der Waals surface area (Å²) in [6.45, 7) is 51.0. The number of nitrogens with zero attached hydrogens (tertiary/aromatic N) is 5. The summed E-state index contributed by atoms with van der Waals surface area (Å²) in [5.74, 6) is 5.11. The molecule has 0 N–H and O–H groups in total. The van der Waals surface area contributed by atoms with E-state index < -0.39 is 0 Å². The Morgan fingerprint density at radius 3 is 0.952 bits per heavy atom. The number of hydrogen-bond donors (Lipinski definition) is 0. The third-order valence-electron chi connectivity index (χ3n) is 35.0. The number of pyridine rings is 5. The molecule has 5 aliphatic rings. The topological polar surface area (TPSA) is 19.4 Å². The van der Waals surface area contributed by atoms with Gasteiger partial charge in [0.05, 0.1) is 56.0 Å². The Balaban J connectivity index is 0.000000134. The van der Waals surface area contributed by atoms with Crippen molar-refractivity contribution in [3.8, 4) is 56.3 Å². The van der Waals surface area contributed by atoms with Gasteiger partial charge in [-0.15, -0.1) is 0 Å². The molecule has 0 bridgehead atoms. The molecule has 0 amide bonds. The Bertz CT molecular complexity index is 7460. The fourth-order valence-corrected chi connectivity index (χ4v) is 25.0. The van der Waals surface area contributed by atoms with Gasteiger partial charge in [-0.1, -0.05) is 289 Å². The predicted molar refractivity (Wildman–Crippen MR) is 623 cm³/mol. The number of hydrogen-bond acceptors (Lipinski definition) is 0. The Kier molecular flexibility index (Phi) is 31.9. The van der Waals surface area contributed by atoms with Crippen molar-refractivity contribution in [3.63, 3.8) is 0 Å². The van der Waals surface area contributed by atoms with Crippen LogP contribution < -0.4 is 22.8 Å². The maximum Gasteiger partial charge on any atom is 0.220 e. The van der Waals surface area contributed by atoms with Crippen LogP contribution >= 0.6 is 0 Å². The van der Waals surface area contributed by atoms with Crippen molar-refractivity contribution in [1.82, 2.24) is 0 Å². The minimum Gasteiger partial charge on any atom is -0.200 e. The van der Waals surface area contributed by atoms with Crippen molar-refractivity contribution in [2.45, 2.75) is 391 Å². The second kappa shape index (κ2) is 46.8. The first-order valence-corrected chi connectivity index (χ1v) is 56.8. The molecule has 0 atom stereocenters. The van der Waals surface area contributed by atoms with E-state index >= 15 is 0 Å². The van der Waals surface area contributed by atoms with Gasteiger partial charge in [-0.25, -0.2) is 4.57 Å². The van der Waals surface area contributed by atoms with Crippen LogP contribution in [0.5, 0.6) is 0 Å². The third kappa shape index (κ3) is 23.7. The summed E-state index contributed by atoms with van der Waals surface area (Å²) in [6, 6.07) is 65.4. The van der Waals surface area contributed by atoms with E-state index in [0.29, 0.717) is 83.5 Å². The average Bonchev–Trinajstić information content (AvgIpc) is 0.516. The molecule has 5 heteroatoms. The van der Waals surface area contributed by atoms with Crippen LogP contribution in [0.1, 0.15) is 435 Å². The second-order valence-electron chi connectivity index (χ2n) is 47.2. The molecule has 0 saturated heterocycles. The molecular formula is C140H180N5+5. The summed E-state index contributed by atoms with van der Waals surface area (Å²) >= 11 is 0. The molecule has 145 heavy (non-hydrogen) atoms. The Labute approximate surface area is 885 Å². The molecule has 760 valence electrons. The summed E-state index contributed by atoms with van der Waals surface area (Å²) in [5, 5.41) is 11.3. The second-order valence-corrected chi connectivity index (χ2v) is 47.2. The molecule has 5 nitrogen and oxygen atoms in total. The molecule has 10 aromatic carbocycles. The number of rotatable bonds is 16. The molecule has 15 aromatic rings. The maximum atomic E-state index is 8.89. The molecule has 5 aliphatic carbocycles. The number of aromatic nitrogens is 5. The first-order chi connectivity index (χ1) is 72.0. The van der Waals surface area contributed by atoms with E-state index in [1.54, 1.807) is 0 Å². The zero-order valence-electron chi connectivity index (χ0n) is 101. The highest BCUT2D eigenvalue weighted by molar-refractivity contribution is 5.99. The van der Waals surface area contributed by atoms with Crippen molar-refractivity contribution in [3.05, 3.63) is 323 Å². The predicted octanol–water partition coefficient (Wildman–Crippen LogP) is 36.9. The summed E-state index contributed by atoms with van der Waals surface area (Å²) in [5.41, 5.74) is 41.3. The lowest BCUT2D eigenvalue weighted by molar-refractivity contribution is -0.665. The molecule has 0 radical (unpaired) electrons. The number of aryl methyl sites for hydroxylation is 5. The van der Waals surface area contributed by atoms with Crippen LogP contribution in [0, 0.1) is 69.2 Å². The van der Waals surface area contributed by atoms with Crippen molar-refractivity contribution >= 4 is 53.9 Å². The van der Waals surface area contributed by atoms with Crippen LogP contribution in [0.2, 0.25) is 0 Å². The number of fused-ring (bicyclic) bond motifs is 5. The quantitative estimate of drug-likeness (QED) is 0.0859. The van der Waals surface area contributed by atoms with Crippen LogP contribution in [-0.2, 0) is 53.5 Å². The Hall–Kier alpha value is -10.8. The third-order valence-corrected chi connectivity index (χ3v) is 35.0. The van der Waals surface area contributed by atoms with Crippen molar-refractivity contribution < 1.29 is 31.1 Å². The van der Waals surface area contributed by atoms with E-state index in [-0.39, 0.29) is 11.6 Å². The highest BCUT2D eigenvalue weighted by Gasteiger charge is 2.33. The largest absolute Gasteiger partial charge is 0.220 e. The van der Waals surface area contributed by atoms with Gasteiger partial charge >= 0.3 is 0 Å². The van der Waals surface area contributed by atoms with Crippen molar-refractivity contribution in [1.29, 1.82) is 0 Å². The zero-order valence-corrected chi connectivity index (χ0v) is 94.6. The summed E-state index contributed by atoms with van der Waals surface area (Å²) in [7, 11) is 10.4. The van der Waals surface area contributed by atoms with E-state index in [1.165, 1.54) is 333 Å². The molecule has 5 fully saturated rings. The van der Waals surface area contributed by atoms with E-state index in [0.717, 1.165) is 73.6 Å². The van der Waals surface area contributed by atoms with Gasteiger partial charge in [0, 0.05) is 63.5 Å². The lowest BCUT2D eigenvalue weighted by atomic mass is 9.82. The van der Waals surface area contributed by atoms with Crippen LogP contribution in [0.4, 0.5) is 0 Å². The van der Waals surface area contributed by atoms with Gasteiger partial charge in [-0.2, -0.15) is 18.3 Å². The monoisotopic (exact) mass is 1940 g/mol. The Morgan fingerprint density at radius 1 is 0.290 bits per heavy atom. The summed E-state index contributed by atoms with van der Waals surface area (Å²) in [6.07, 6.45) is 35.3. The van der Waals surface area contributed by atoms with Gasteiger partial charge in [0.2, 0.25) is 28.5 Å². The molecular weight excluding hydrogens is 1750 g/mol. The van der Waals surface area contributed by atoms with Crippen molar-refractivity contribution in [2.75, 3.05) is 0 Å². The maximum absolute atomic E-state index is 8.89. The van der Waals surface area contributed by atoms with Gasteiger partial charge < -0.3 is 0 Å². The molecule has 5 saturated carbocycles. The van der Waals surface area contributed by atoms with Crippen LogP contribution in [0.3, 0.4) is 0 Å². The molecule has 20 rings (SSSR count). The van der Waals surface area contributed by atoms with E-state index in [2.05, 4.69) is 369 Å². The zero-order chi connectivity index (χ0) is 108. The summed E-state index contributed by atoms with van der Waals surface area (Å²) in [4.78, 5) is 0. The highest BCUT2D eigenvalue weighted by atomic mass is 15.0. The highest BCUT2D eigenvalue weighted by Crippen LogP contribution is 2.46. The fraction of sp³-hybridized carbons (Fsp3) is 0.464. The molecule has 5 aromatic heterocycles. The SMILES string of the molecule is [2H]c1c(C)[n+](C)c(-c2cc(C(C)(C)C)ccc2C)c2ccc(C3CCCCC3)cc12.[2H]c1c(C)[n+](C)c(-c2cc(C(C)C)cc(C)c2C)c2ccc(C3CCCCC3)cc12.[2H]c1c(C)[n+](C)c(-c2cc(C(C)C)ccc2C)c2ccc(C3CCCCC3)cc12.[2H]c1c(C)[n+](C)c(-c2cc(CC)cc(CC)c2C)c2ccc(C3CCCCC3)cc12.[2H]c1c([2H])[n+](C)c(-c2cc(C(C)C)cc(C(C)C)c2C)c2ccc(C3CCCCC3)cc12. The first-order valence-electron chi connectivity index (χ1n) is 59.8. The smallest absolute Gasteiger partial charge is 0.200 e. The number of benzene rings is 10. The molecule has 0 unspecified atom stereocenters. The van der Waals surface area contributed by atoms with Gasteiger partial charge in [-0.05, 0) is 365 Å². The Morgan fingerprint density at radius 2 is 0.607 bits per heavy atom. The van der Waals surface area contributed by atoms with E-state index in [1.807, 2.05) is 11.6 Å². The van der Waals surface area contributed by atoms with Crippen molar-refractivity contribution in [2.24, 2.45) is 35.2 Å². The fourth-order valence-electron chi connectivity index (χ4n) is 25.0. The van der Waals surface area contributed by atoms with Gasteiger partial charge in [0.15, 0.2) is 28.9 Å². The molecule has 5 heterocycles. The lowest BCUT2D eigenvalue weighted by Crippen LogP contribution is -2.35. The van der Waals surface area contributed by atoms with Crippen LogP contribution in [0.25, 0.3) is 110 Å². The van der Waals surface area contributed by atoms with E-state index in [4.69, 9.17) is 8.22 Å². The standard InChI is InChI=1S/C29H38N.3C28H36N.C27H34N/c1-19(2)25-17-27(20(3)4)21(5)28(18-25)29-26-13-12-23(22-10-8-7-9-11-22)16-24(26)14-15-30(29)6;1-19-12-14-24(28(3,4)5)18-26(19)27-25-15-13-22(21-10-8-7-9-11-21)17-23(25)16-20(2)29(27)6;1-18(2)24-14-19(3)21(5)27(17-24)28-26-13-12-23(22-10-8-7-9-11-22)16-25(26)15-20(4)29(28)6;1-6-21-16-22(7-2)20(4)27(17-21)28-26-14-13-24(23-11-9-8-10-12-23)18-25(26)15-19(3)29(28)5;1-18(2)22-12-11-19(3)26(17-22)27-25-14-13-23(21-9-7-6-8-10-21)16-24(25)15-20(4)28(27)5/h12-20,22H,7-11H2,1-6H3;12-18,21H,7-11H2,1-6H3;12-18,22H,7-11H2,1-6H3;13-18,23H,6-12H2,1-5H3;11-18,21H,6-10H2,1-5H3/q5*+1/i14D,15D;16D;3*15D. The van der Waals surface area contributed by atoms with Gasteiger partial charge in [0.25, 0.3) is 0 Å². The minimum absolute atomic E-state index is 0.107. The van der Waals surface area contributed by atoms with Gasteiger partial charge in [-0.3, -0.25) is 0 Å². The average molecular weight is 1940 g/mol. The molecule has 0 spiro atoms. The normalized spacial score (nSPS) is 16.1. The molecule has 0 aliphatic heterocycles. The summed E-state index contributed by atoms with van der Waals surface area (Å²) < 4.78 is 63.8. The first kappa shape index (κ1) is 98.9. The van der Waals surface area contributed by atoms with Gasteiger partial charge in [0.1, 0.15) is 36.6 Å².